The van der Waals surface area contributed by atoms with Gasteiger partial charge in [-0.05, 0) is 30.0 Å². The molecule has 0 spiro atoms. The van der Waals surface area contributed by atoms with E-state index >= 15 is 0 Å². The van der Waals surface area contributed by atoms with E-state index in [-0.39, 0.29) is 5.91 Å². The first kappa shape index (κ1) is 13.7. The Bertz CT molecular complexity index is 548. The maximum absolute atomic E-state index is 12.0. The maximum Gasteiger partial charge on any atom is 0.251 e. The number of nitrogens with zero attached hydrogens (tertiary/aromatic N) is 2. The highest BCUT2D eigenvalue weighted by molar-refractivity contribution is 7.97. The summed E-state index contributed by atoms with van der Waals surface area (Å²) in [5.74, 6) is 0.911. The number of hydrogen-bond donors (Lipinski definition) is 1. The normalized spacial score (nSPS) is 10.4. The number of rotatable bonds is 5. The Balaban J connectivity index is 1.94. The van der Waals surface area contributed by atoms with Gasteiger partial charge in [-0.3, -0.25) is 9.48 Å². The summed E-state index contributed by atoms with van der Waals surface area (Å²) >= 11 is 1.77. The van der Waals surface area contributed by atoms with Crippen LogP contribution in [-0.4, -0.2) is 21.9 Å². The molecule has 0 aliphatic carbocycles. The molecule has 0 aliphatic heterocycles. The fraction of sp³-hybridized carbons (Fsp3) is 0.286. The molecule has 100 valence electrons. The molecule has 1 N–H and O–H groups in total. The van der Waals surface area contributed by atoms with Crippen LogP contribution in [0, 0.1) is 0 Å². The van der Waals surface area contributed by atoms with Gasteiger partial charge in [0.25, 0.3) is 5.91 Å². The number of aryl methyl sites for hydroxylation is 1. The maximum atomic E-state index is 12.0. The molecule has 0 atom stereocenters. The van der Waals surface area contributed by atoms with Crippen LogP contribution in [0.15, 0.2) is 36.5 Å². The molecule has 1 heterocycles. The van der Waals surface area contributed by atoms with Crippen molar-refractivity contribution in [3.63, 3.8) is 0 Å². The van der Waals surface area contributed by atoms with Crippen LogP contribution in [0.5, 0.6) is 0 Å². The SMILES string of the molecule is CSCc1ccc(C(=O)NCc2ccnn2C)cc1. The van der Waals surface area contributed by atoms with Crippen molar-refractivity contribution in [1.29, 1.82) is 0 Å². The fourth-order valence-corrected chi connectivity index (χ4v) is 2.29. The summed E-state index contributed by atoms with van der Waals surface area (Å²) in [5, 5.41) is 6.95. The highest BCUT2D eigenvalue weighted by Gasteiger charge is 2.06. The highest BCUT2D eigenvalue weighted by atomic mass is 32.2. The summed E-state index contributed by atoms with van der Waals surface area (Å²) in [4.78, 5) is 12.0. The van der Waals surface area contributed by atoms with Crippen LogP contribution in [-0.2, 0) is 19.3 Å². The Hall–Kier alpha value is -1.75. The molecule has 0 unspecified atom stereocenters. The summed E-state index contributed by atoms with van der Waals surface area (Å²) in [6.45, 7) is 0.488. The molecule has 1 aromatic carbocycles. The number of aromatic nitrogens is 2. The molecule has 0 radical (unpaired) electrons. The van der Waals surface area contributed by atoms with Gasteiger partial charge in [0, 0.05) is 24.6 Å². The van der Waals surface area contributed by atoms with Crippen LogP contribution in [0.25, 0.3) is 0 Å². The Kier molecular flexibility index (Phi) is 4.63. The third kappa shape index (κ3) is 3.61. The van der Waals surface area contributed by atoms with Crippen molar-refractivity contribution < 1.29 is 4.79 Å². The lowest BCUT2D eigenvalue weighted by molar-refractivity contribution is 0.0950. The number of thioether (sulfide) groups is 1. The lowest BCUT2D eigenvalue weighted by Crippen LogP contribution is -2.24. The second-order valence-electron chi connectivity index (χ2n) is 4.26. The summed E-state index contributed by atoms with van der Waals surface area (Å²) in [6, 6.07) is 9.61. The highest BCUT2D eigenvalue weighted by Crippen LogP contribution is 2.10. The van der Waals surface area contributed by atoms with Crippen LogP contribution >= 0.6 is 11.8 Å². The average molecular weight is 275 g/mol. The van der Waals surface area contributed by atoms with Crippen molar-refractivity contribution >= 4 is 17.7 Å². The number of carbonyl (C=O) groups excluding carboxylic acids is 1. The van der Waals surface area contributed by atoms with Gasteiger partial charge in [-0.25, -0.2) is 0 Å². The van der Waals surface area contributed by atoms with E-state index in [1.807, 2.05) is 37.4 Å². The standard InChI is InChI=1S/C14H17N3OS/c1-17-13(7-8-16-17)9-15-14(18)12-5-3-11(4-6-12)10-19-2/h3-8H,9-10H2,1-2H3,(H,15,18). The van der Waals surface area contributed by atoms with Gasteiger partial charge in [0.1, 0.15) is 0 Å². The van der Waals surface area contributed by atoms with Crippen molar-refractivity contribution in [2.75, 3.05) is 6.26 Å². The summed E-state index contributed by atoms with van der Waals surface area (Å²) in [7, 11) is 1.86. The smallest absolute Gasteiger partial charge is 0.251 e. The summed E-state index contributed by atoms with van der Waals surface area (Å²) in [6.07, 6.45) is 3.78. The van der Waals surface area contributed by atoms with E-state index in [0.29, 0.717) is 12.1 Å². The van der Waals surface area contributed by atoms with E-state index in [0.717, 1.165) is 11.4 Å². The lowest BCUT2D eigenvalue weighted by atomic mass is 10.1. The zero-order valence-corrected chi connectivity index (χ0v) is 11.9. The van der Waals surface area contributed by atoms with Gasteiger partial charge < -0.3 is 5.32 Å². The molecule has 1 amide bonds. The second kappa shape index (κ2) is 6.43. The van der Waals surface area contributed by atoms with Crippen LogP contribution in [0.2, 0.25) is 0 Å². The number of hydrogen-bond acceptors (Lipinski definition) is 3. The Labute approximate surface area is 117 Å². The lowest BCUT2D eigenvalue weighted by Gasteiger charge is -2.06. The fourth-order valence-electron chi connectivity index (χ4n) is 1.77. The van der Waals surface area contributed by atoms with Gasteiger partial charge in [-0.1, -0.05) is 12.1 Å². The minimum absolute atomic E-state index is 0.0584. The number of benzene rings is 1. The molecule has 0 aliphatic rings. The molecule has 19 heavy (non-hydrogen) atoms. The predicted molar refractivity (Wildman–Crippen MR) is 78.0 cm³/mol. The van der Waals surface area contributed by atoms with Gasteiger partial charge in [0.15, 0.2) is 0 Å². The van der Waals surface area contributed by atoms with Gasteiger partial charge >= 0.3 is 0 Å². The molecule has 0 fully saturated rings. The van der Waals surface area contributed by atoms with Crippen molar-refractivity contribution in [2.45, 2.75) is 12.3 Å². The molecule has 4 nitrogen and oxygen atoms in total. The van der Waals surface area contributed by atoms with E-state index in [4.69, 9.17) is 0 Å². The minimum Gasteiger partial charge on any atom is -0.346 e. The molecular formula is C14H17N3OS. The van der Waals surface area contributed by atoms with Crippen LogP contribution < -0.4 is 5.32 Å². The molecule has 0 bridgehead atoms. The van der Waals surface area contributed by atoms with Gasteiger partial charge in [-0.2, -0.15) is 16.9 Å². The number of carbonyl (C=O) groups is 1. The first-order valence-corrected chi connectivity index (χ1v) is 7.43. The van der Waals surface area contributed by atoms with E-state index in [1.165, 1.54) is 5.56 Å². The molecule has 0 saturated carbocycles. The monoisotopic (exact) mass is 275 g/mol. The van der Waals surface area contributed by atoms with Gasteiger partial charge in [-0.15, -0.1) is 0 Å². The van der Waals surface area contributed by atoms with Crippen molar-refractivity contribution in [3.05, 3.63) is 53.3 Å². The zero-order valence-electron chi connectivity index (χ0n) is 11.1. The Morgan fingerprint density at radius 1 is 1.32 bits per heavy atom. The largest absolute Gasteiger partial charge is 0.346 e. The van der Waals surface area contributed by atoms with Crippen molar-refractivity contribution in [1.82, 2.24) is 15.1 Å². The molecule has 2 aromatic rings. The zero-order chi connectivity index (χ0) is 13.7. The van der Waals surface area contributed by atoms with Gasteiger partial charge in [0.2, 0.25) is 0 Å². The van der Waals surface area contributed by atoms with Crippen molar-refractivity contribution in [2.24, 2.45) is 7.05 Å². The minimum atomic E-state index is -0.0584. The Morgan fingerprint density at radius 2 is 2.05 bits per heavy atom. The molecule has 2 rings (SSSR count). The number of nitrogens with one attached hydrogen (secondary N) is 1. The van der Waals surface area contributed by atoms with Crippen LogP contribution in [0.3, 0.4) is 0 Å². The van der Waals surface area contributed by atoms with E-state index in [1.54, 1.807) is 22.6 Å². The van der Waals surface area contributed by atoms with Gasteiger partial charge in [0.05, 0.1) is 12.2 Å². The van der Waals surface area contributed by atoms with Crippen LogP contribution in [0.4, 0.5) is 0 Å². The van der Waals surface area contributed by atoms with E-state index in [2.05, 4.69) is 16.7 Å². The molecule has 1 aromatic heterocycles. The average Bonchev–Trinajstić information content (AvgIpc) is 2.83. The quantitative estimate of drug-likeness (QED) is 0.910. The second-order valence-corrected chi connectivity index (χ2v) is 5.12. The summed E-state index contributed by atoms with van der Waals surface area (Å²) < 4.78 is 1.75. The predicted octanol–water partition coefficient (Wildman–Crippen LogP) is 2.21. The summed E-state index contributed by atoms with van der Waals surface area (Å²) in [5.41, 5.74) is 2.90. The third-order valence-corrected chi connectivity index (χ3v) is 3.50. The topological polar surface area (TPSA) is 46.9 Å². The molecule has 0 saturated heterocycles. The first-order valence-electron chi connectivity index (χ1n) is 6.03. The number of amides is 1. The van der Waals surface area contributed by atoms with Crippen molar-refractivity contribution in [3.8, 4) is 0 Å². The van der Waals surface area contributed by atoms with E-state index in [9.17, 15) is 4.79 Å². The first-order chi connectivity index (χ1) is 9.20. The van der Waals surface area contributed by atoms with E-state index < -0.39 is 0 Å². The molecule has 5 heteroatoms. The Morgan fingerprint density at radius 3 is 2.63 bits per heavy atom. The molecular weight excluding hydrogens is 258 g/mol. The third-order valence-electron chi connectivity index (χ3n) is 2.88. The van der Waals surface area contributed by atoms with Crippen LogP contribution in [0.1, 0.15) is 21.6 Å².